The molecular formula is C16H18FN3S. The van der Waals surface area contributed by atoms with Crippen LogP contribution in [0.5, 0.6) is 0 Å². The number of aromatic nitrogens is 1. The van der Waals surface area contributed by atoms with Gasteiger partial charge in [0.2, 0.25) is 0 Å². The summed E-state index contributed by atoms with van der Waals surface area (Å²) in [7, 11) is 0. The molecule has 2 rings (SSSR count). The summed E-state index contributed by atoms with van der Waals surface area (Å²) >= 11 is 5.01. The van der Waals surface area contributed by atoms with E-state index in [0.29, 0.717) is 12.1 Å². The summed E-state index contributed by atoms with van der Waals surface area (Å²) in [5.74, 6) is -0.325. The highest BCUT2D eigenvalue weighted by Gasteiger charge is 2.11. The lowest BCUT2D eigenvalue weighted by Crippen LogP contribution is -2.25. The highest BCUT2D eigenvalue weighted by Crippen LogP contribution is 2.15. The lowest BCUT2D eigenvalue weighted by molar-refractivity contribution is 0.268. The molecule has 0 saturated carbocycles. The van der Waals surface area contributed by atoms with Gasteiger partial charge >= 0.3 is 0 Å². The van der Waals surface area contributed by atoms with Crippen LogP contribution in [0.4, 0.5) is 4.39 Å². The molecule has 0 aliphatic rings. The molecule has 0 atom stereocenters. The maximum atomic E-state index is 13.3. The zero-order valence-electron chi connectivity index (χ0n) is 11.9. The fourth-order valence-electron chi connectivity index (χ4n) is 2.16. The Morgan fingerprint density at radius 1 is 1.29 bits per heavy atom. The van der Waals surface area contributed by atoms with Gasteiger partial charge in [-0.25, -0.2) is 4.39 Å². The van der Waals surface area contributed by atoms with Gasteiger partial charge in [0.25, 0.3) is 0 Å². The molecule has 0 amide bonds. The van der Waals surface area contributed by atoms with Crippen molar-refractivity contribution in [3.8, 4) is 0 Å². The van der Waals surface area contributed by atoms with Crippen LogP contribution in [0.25, 0.3) is 0 Å². The minimum Gasteiger partial charge on any atom is -0.389 e. The Labute approximate surface area is 129 Å². The number of nitrogens with two attached hydrogens (primary N) is 1. The summed E-state index contributed by atoms with van der Waals surface area (Å²) in [5.41, 5.74) is 8.22. The third kappa shape index (κ3) is 4.31. The van der Waals surface area contributed by atoms with Gasteiger partial charge in [-0.05, 0) is 36.4 Å². The van der Waals surface area contributed by atoms with Crippen molar-refractivity contribution in [3.05, 3.63) is 65.2 Å². The zero-order valence-corrected chi connectivity index (χ0v) is 12.7. The van der Waals surface area contributed by atoms with Gasteiger partial charge in [0.05, 0.1) is 5.69 Å². The zero-order chi connectivity index (χ0) is 15.2. The van der Waals surface area contributed by atoms with Crippen molar-refractivity contribution in [1.82, 2.24) is 9.88 Å². The summed E-state index contributed by atoms with van der Waals surface area (Å²) in [4.78, 5) is 6.75. The van der Waals surface area contributed by atoms with Crippen LogP contribution in [0.15, 0.2) is 42.6 Å². The fourth-order valence-corrected chi connectivity index (χ4v) is 2.35. The molecule has 0 aliphatic heterocycles. The van der Waals surface area contributed by atoms with Crippen molar-refractivity contribution in [2.24, 2.45) is 5.73 Å². The second kappa shape index (κ2) is 7.24. The van der Waals surface area contributed by atoms with Crippen LogP contribution in [0.2, 0.25) is 0 Å². The monoisotopic (exact) mass is 303 g/mol. The molecule has 2 N–H and O–H groups in total. The molecule has 5 heteroatoms. The first-order valence-electron chi connectivity index (χ1n) is 6.80. The van der Waals surface area contributed by atoms with E-state index in [1.807, 2.05) is 18.2 Å². The van der Waals surface area contributed by atoms with Crippen molar-refractivity contribution in [3.63, 3.8) is 0 Å². The van der Waals surface area contributed by atoms with E-state index < -0.39 is 0 Å². The molecule has 0 unspecified atom stereocenters. The SMILES string of the molecule is CCN(Cc1ccccn1)Cc1ccc(F)cc1C(N)=S. The molecule has 0 fully saturated rings. The van der Waals surface area contributed by atoms with E-state index in [1.54, 1.807) is 12.3 Å². The standard InChI is InChI=1S/C16H18FN3S/c1-2-20(11-14-5-3-4-8-19-14)10-12-6-7-13(17)9-15(12)16(18)21/h3-9H,2,10-11H2,1H3,(H2,18,21). The van der Waals surface area contributed by atoms with Crippen LogP contribution in [-0.4, -0.2) is 21.4 Å². The number of pyridine rings is 1. The molecule has 1 aromatic carbocycles. The van der Waals surface area contributed by atoms with Crippen LogP contribution < -0.4 is 5.73 Å². The quantitative estimate of drug-likeness (QED) is 0.833. The third-order valence-electron chi connectivity index (χ3n) is 3.29. The summed E-state index contributed by atoms with van der Waals surface area (Å²) in [6.45, 7) is 4.31. The van der Waals surface area contributed by atoms with Gasteiger partial charge in [-0.15, -0.1) is 0 Å². The molecule has 21 heavy (non-hydrogen) atoms. The van der Waals surface area contributed by atoms with E-state index in [0.717, 1.165) is 24.3 Å². The van der Waals surface area contributed by atoms with Gasteiger partial charge in [0.15, 0.2) is 0 Å². The topological polar surface area (TPSA) is 42.2 Å². The Morgan fingerprint density at radius 2 is 2.10 bits per heavy atom. The molecule has 1 aromatic heterocycles. The van der Waals surface area contributed by atoms with E-state index in [4.69, 9.17) is 18.0 Å². The minimum absolute atomic E-state index is 0.221. The van der Waals surface area contributed by atoms with Gasteiger partial charge in [-0.1, -0.05) is 31.3 Å². The number of rotatable bonds is 6. The minimum atomic E-state index is -0.325. The first kappa shape index (κ1) is 15.5. The Morgan fingerprint density at radius 3 is 2.71 bits per heavy atom. The molecule has 3 nitrogen and oxygen atoms in total. The highest BCUT2D eigenvalue weighted by molar-refractivity contribution is 7.80. The molecule has 2 aromatic rings. The predicted octanol–water partition coefficient (Wildman–Crippen LogP) is 2.88. The van der Waals surface area contributed by atoms with E-state index in [2.05, 4.69) is 16.8 Å². The van der Waals surface area contributed by atoms with Gasteiger partial charge in [0.1, 0.15) is 10.8 Å². The molecular weight excluding hydrogens is 285 g/mol. The van der Waals surface area contributed by atoms with Crippen LogP contribution >= 0.6 is 12.2 Å². The second-order valence-corrected chi connectivity index (χ2v) is 5.23. The van der Waals surface area contributed by atoms with Crippen LogP contribution in [0.3, 0.4) is 0 Å². The number of halogens is 1. The number of hydrogen-bond donors (Lipinski definition) is 1. The summed E-state index contributed by atoms with van der Waals surface area (Å²) in [5, 5.41) is 0. The number of benzene rings is 1. The Bertz CT molecular complexity index is 616. The van der Waals surface area contributed by atoms with E-state index in [1.165, 1.54) is 12.1 Å². The molecule has 0 spiro atoms. The van der Waals surface area contributed by atoms with Gasteiger partial charge in [-0.3, -0.25) is 9.88 Å². The lowest BCUT2D eigenvalue weighted by atomic mass is 10.1. The van der Waals surface area contributed by atoms with Crippen LogP contribution in [0, 0.1) is 5.82 Å². The van der Waals surface area contributed by atoms with E-state index >= 15 is 0 Å². The smallest absolute Gasteiger partial charge is 0.123 e. The average molecular weight is 303 g/mol. The van der Waals surface area contributed by atoms with E-state index in [-0.39, 0.29) is 10.8 Å². The normalized spacial score (nSPS) is 10.8. The largest absolute Gasteiger partial charge is 0.389 e. The number of thiocarbonyl (C=S) groups is 1. The first-order chi connectivity index (χ1) is 10.1. The fraction of sp³-hybridized carbons (Fsp3) is 0.250. The maximum absolute atomic E-state index is 13.3. The van der Waals surface area contributed by atoms with Gasteiger partial charge in [-0.2, -0.15) is 0 Å². The third-order valence-corrected chi connectivity index (χ3v) is 3.51. The molecule has 1 heterocycles. The van der Waals surface area contributed by atoms with Crippen molar-refractivity contribution in [1.29, 1.82) is 0 Å². The predicted molar refractivity (Wildman–Crippen MR) is 86.3 cm³/mol. The summed E-state index contributed by atoms with van der Waals surface area (Å²) in [6, 6.07) is 10.4. The Hall–Kier alpha value is -1.85. The average Bonchev–Trinajstić information content (AvgIpc) is 2.49. The van der Waals surface area contributed by atoms with Crippen molar-refractivity contribution in [2.75, 3.05) is 6.54 Å². The maximum Gasteiger partial charge on any atom is 0.123 e. The van der Waals surface area contributed by atoms with Gasteiger partial charge < -0.3 is 5.73 Å². The highest BCUT2D eigenvalue weighted by atomic mass is 32.1. The summed E-state index contributed by atoms with van der Waals surface area (Å²) < 4.78 is 13.3. The molecule has 0 aliphatic carbocycles. The second-order valence-electron chi connectivity index (χ2n) is 4.79. The van der Waals surface area contributed by atoms with Crippen LogP contribution in [0.1, 0.15) is 23.7 Å². The Balaban J connectivity index is 2.17. The van der Waals surface area contributed by atoms with Gasteiger partial charge in [0, 0.05) is 24.8 Å². The van der Waals surface area contributed by atoms with E-state index in [9.17, 15) is 4.39 Å². The number of nitrogens with zero attached hydrogens (tertiary/aromatic N) is 2. The first-order valence-corrected chi connectivity index (χ1v) is 7.21. The lowest BCUT2D eigenvalue weighted by Gasteiger charge is -2.21. The van der Waals surface area contributed by atoms with Crippen molar-refractivity contribution >= 4 is 17.2 Å². The summed E-state index contributed by atoms with van der Waals surface area (Å²) in [6.07, 6.45) is 1.78. The van der Waals surface area contributed by atoms with Crippen LogP contribution in [-0.2, 0) is 13.1 Å². The Kier molecular flexibility index (Phi) is 5.36. The molecule has 0 radical (unpaired) electrons. The molecule has 0 bridgehead atoms. The number of hydrogen-bond acceptors (Lipinski definition) is 3. The van der Waals surface area contributed by atoms with Crippen molar-refractivity contribution in [2.45, 2.75) is 20.0 Å². The molecule has 0 saturated heterocycles. The van der Waals surface area contributed by atoms with Crippen molar-refractivity contribution < 1.29 is 4.39 Å². The molecule has 110 valence electrons.